The number of phenolic OH excluding ortho intramolecular Hbond substituents is 1. The highest BCUT2D eigenvalue weighted by molar-refractivity contribution is 7.80. The molecule has 1 fully saturated rings. The van der Waals surface area contributed by atoms with E-state index in [-0.39, 0.29) is 34.5 Å². The number of rotatable bonds is 5. The predicted molar refractivity (Wildman–Crippen MR) is 91.8 cm³/mol. The highest BCUT2D eigenvalue weighted by atomic mass is 32.1. The first-order valence-electron chi connectivity index (χ1n) is 6.87. The number of aromatic hydroxyl groups is 1. The molecule has 1 aromatic rings. The second-order valence-electron chi connectivity index (χ2n) is 4.80. The summed E-state index contributed by atoms with van der Waals surface area (Å²) in [7, 11) is 2.77. The van der Waals surface area contributed by atoms with Gasteiger partial charge in [-0.05, 0) is 36.0 Å². The van der Waals surface area contributed by atoms with Gasteiger partial charge < -0.3 is 14.6 Å². The van der Waals surface area contributed by atoms with E-state index < -0.39 is 11.8 Å². The minimum Gasteiger partial charge on any atom is -0.502 e. The number of ether oxygens (including phenoxy) is 2. The Hall–Kier alpha value is -2.87. The summed E-state index contributed by atoms with van der Waals surface area (Å²) in [6.07, 6.45) is 2.88. The molecule has 0 spiro atoms. The van der Waals surface area contributed by atoms with Gasteiger partial charge in [-0.25, -0.2) is 0 Å². The fourth-order valence-corrected chi connectivity index (χ4v) is 2.40. The average Bonchev–Trinajstić information content (AvgIpc) is 2.56. The lowest BCUT2D eigenvalue weighted by molar-refractivity contribution is -0.128. The van der Waals surface area contributed by atoms with Crippen molar-refractivity contribution in [1.82, 2.24) is 10.2 Å². The van der Waals surface area contributed by atoms with Crippen molar-refractivity contribution in [2.24, 2.45) is 0 Å². The second kappa shape index (κ2) is 7.14. The van der Waals surface area contributed by atoms with Crippen LogP contribution in [0.4, 0.5) is 0 Å². The smallest absolute Gasteiger partial charge is 0.265 e. The van der Waals surface area contributed by atoms with Crippen molar-refractivity contribution in [3.8, 4) is 17.2 Å². The van der Waals surface area contributed by atoms with Crippen molar-refractivity contribution in [1.29, 1.82) is 0 Å². The van der Waals surface area contributed by atoms with E-state index >= 15 is 0 Å². The monoisotopic (exact) mass is 348 g/mol. The van der Waals surface area contributed by atoms with E-state index in [4.69, 9.17) is 21.7 Å². The molecular weight excluding hydrogens is 332 g/mol. The molecule has 2 rings (SSSR count). The first-order valence-corrected chi connectivity index (χ1v) is 7.28. The number of benzene rings is 1. The molecule has 0 aliphatic carbocycles. The lowest BCUT2D eigenvalue weighted by Crippen LogP contribution is -2.53. The summed E-state index contributed by atoms with van der Waals surface area (Å²) in [6, 6.07) is 2.96. The summed E-state index contributed by atoms with van der Waals surface area (Å²) < 4.78 is 10.1. The number of amides is 2. The molecule has 24 heavy (non-hydrogen) atoms. The van der Waals surface area contributed by atoms with E-state index in [1.54, 1.807) is 0 Å². The van der Waals surface area contributed by atoms with E-state index in [1.165, 1.54) is 43.4 Å². The van der Waals surface area contributed by atoms with Crippen LogP contribution in [0.2, 0.25) is 0 Å². The summed E-state index contributed by atoms with van der Waals surface area (Å²) in [5, 5.41) is 12.4. The van der Waals surface area contributed by atoms with Crippen LogP contribution in [0.1, 0.15) is 5.56 Å². The van der Waals surface area contributed by atoms with Gasteiger partial charge in [-0.1, -0.05) is 6.08 Å². The van der Waals surface area contributed by atoms with Gasteiger partial charge in [0, 0.05) is 6.54 Å². The van der Waals surface area contributed by atoms with Crippen LogP contribution in [0.15, 0.2) is 30.4 Å². The standard InChI is InChI=1S/C16H16N2O5S/c1-4-5-18-15(21)10(14(20)17-16(18)24)6-9-7-11(22-2)13(19)12(8-9)23-3/h4,6-8,19H,1,5H2,2-3H3,(H,17,20,24). The first kappa shape index (κ1) is 17.5. The van der Waals surface area contributed by atoms with Gasteiger partial charge in [0.25, 0.3) is 11.8 Å². The van der Waals surface area contributed by atoms with Crippen molar-refractivity contribution >= 4 is 35.2 Å². The van der Waals surface area contributed by atoms with E-state index in [9.17, 15) is 14.7 Å². The first-order chi connectivity index (χ1) is 11.4. The SMILES string of the molecule is C=CCN1C(=O)C(=Cc2cc(OC)c(O)c(OC)c2)C(=O)NC1=S. The van der Waals surface area contributed by atoms with Gasteiger partial charge in [0.05, 0.1) is 14.2 Å². The zero-order valence-electron chi connectivity index (χ0n) is 13.2. The summed E-state index contributed by atoms with van der Waals surface area (Å²) >= 11 is 4.99. The van der Waals surface area contributed by atoms with Crippen molar-refractivity contribution in [3.63, 3.8) is 0 Å². The highest BCUT2D eigenvalue weighted by Crippen LogP contribution is 2.37. The van der Waals surface area contributed by atoms with Crippen LogP contribution in [-0.4, -0.2) is 47.7 Å². The molecule has 126 valence electrons. The van der Waals surface area contributed by atoms with Gasteiger partial charge in [-0.2, -0.15) is 0 Å². The molecule has 0 bridgehead atoms. The molecule has 1 saturated heterocycles. The van der Waals surface area contributed by atoms with Crippen LogP contribution < -0.4 is 14.8 Å². The van der Waals surface area contributed by atoms with E-state index in [1.807, 2.05) is 0 Å². The number of methoxy groups -OCH3 is 2. The van der Waals surface area contributed by atoms with E-state index in [0.717, 1.165) is 0 Å². The van der Waals surface area contributed by atoms with Gasteiger partial charge in [-0.3, -0.25) is 19.8 Å². The molecule has 2 amide bonds. The van der Waals surface area contributed by atoms with Crippen LogP contribution in [0.25, 0.3) is 6.08 Å². The third-order valence-corrected chi connectivity index (χ3v) is 3.63. The molecule has 1 heterocycles. The predicted octanol–water partition coefficient (Wildman–Crippen LogP) is 1.22. The quantitative estimate of drug-likeness (QED) is 0.360. The van der Waals surface area contributed by atoms with Gasteiger partial charge in [0.1, 0.15) is 5.57 Å². The number of nitrogens with one attached hydrogen (secondary N) is 1. The molecule has 0 saturated carbocycles. The Morgan fingerprint density at radius 1 is 1.29 bits per heavy atom. The van der Waals surface area contributed by atoms with E-state index in [2.05, 4.69) is 11.9 Å². The molecule has 2 N–H and O–H groups in total. The second-order valence-corrected chi connectivity index (χ2v) is 5.18. The summed E-state index contributed by atoms with van der Waals surface area (Å²) in [5.41, 5.74) is 0.353. The number of thiocarbonyl (C=S) groups is 1. The molecule has 0 atom stereocenters. The Kier molecular flexibility index (Phi) is 5.20. The van der Waals surface area contributed by atoms with Crippen LogP contribution in [0.3, 0.4) is 0 Å². The summed E-state index contributed by atoms with van der Waals surface area (Å²) in [4.78, 5) is 25.8. The van der Waals surface area contributed by atoms with Gasteiger partial charge in [-0.15, -0.1) is 6.58 Å². The van der Waals surface area contributed by atoms with Gasteiger partial charge >= 0.3 is 0 Å². The minimum atomic E-state index is -0.601. The summed E-state index contributed by atoms with van der Waals surface area (Å²) in [6.45, 7) is 3.74. The Morgan fingerprint density at radius 2 is 1.88 bits per heavy atom. The molecule has 1 aliphatic heterocycles. The maximum atomic E-state index is 12.5. The minimum absolute atomic E-state index is 0.0305. The van der Waals surface area contributed by atoms with Crippen LogP contribution >= 0.6 is 12.2 Å². The topological polar surface area (TPSA) is 88.1 Å². The maximum Gasteiger partial charge on any atom is 0.265 e. The molecular formula is C16H16N2O5S. The molecule has 1 aliphatic rings. The molecule has 8 heteroatoms. The third-order valence-electron chi connectivity index (χ3n) is 3.31. The Balaban J connectivity index is 2.49. The Labute approximate surface area is 144 Å². The molecule has 0 unspecified atom stereocenters. The van der Waals surface area contributed by atoms with Crippen molar-refractivity contribution in [2.45, 2.75) is 0 Å². The van der Waals surface area contributed by atoms with Crippen LogP contribution in [-0.2, 0) is 9.59 Å². The average molecular weight is 348 g/mol. The van der Waals surface area contributed by atoms with E-state index in [0.29, 0.717) is 5.56 Å². The molecule has 0 aromatic heterocycles. The lowest BCUT2D eigenvalue weighted by atomic mass is 10.1. The number of carbonyl (C=O) groups is 2. The van der Waals surface area contributed by atoms with Crippen LogP contribution in [0.5, 0.6) is 17.2 Å². The van der Waals surface area contributed by atoms with Gasteiger partial charge in [0.2, 0.25) is 5.75 Å². The molecule has 7 nitrogen and oxygen atoms in total. The van der Waals surface area contributed by atoms with Crippen LogP contribution in [0, 0.1) is 0 Å². The fraction of sp³-hybridized carbons (Fsp3) is 0.188. The normalized spacial score (nSPS) is 16.2. The maximum absolute atomic E-state index is 12.5. The zero-order valence-corrected chi connectivity index (χ0v) is 14.0. The third kappa shape index (κ3) is 3.23. The van der Waals surface area contributed by atoms with Crippen molar-refractivity contribution in [2.75, 3.05) is 20.8 Å². The lowest BCUT2D eigenvalue weighted by Gasteiger charge is -2.27. The fourth-order valence-electron chi connectivity index (χ4n) is 2.15. The molecule has 1 aromatic carbocycles. The number of phenols is 1. The Bertz CT molecular complexity index is 732. The number of carbonyl (C=O) groups excluding carboxylic acids is 2. The van der Waals surface area contributed by atoms with Crippen molar-refractivity contribution < 1.29 is 24.2 Å². The summed E-state index contributed by atoms with van der Waals surface area (Å²) in [5.74, 6) is -0.992. The van der Waals surface area contributed by atoms with Gasteiger partial charge in [0.15, 0.2) is 16.6 Å². The Morgan fingerprint density at radius 3 is 2.38 bits per heavy atom. The zero-order chi connectivity index (χ0) is 17.9. The number of nitrogens with zero attached hydrogens (tertiary/aromatic N) is 1. The van der Waals surface area contributed by atoms with Crippen molar-refractivity contribution in [3.05, 3.63) is 35.9 Å². The highest BCUT2D eigenvalue weighted by Gasteiger charge is 2.32. The molecule has 0 radical (unpaired) electrons. The number of hydrogen-bond acceptors (Lipinski definition) is 6. The number of hydrogen-bond donors (Lipinski definition) is 2. The largest absolute Gasteiger partial charge is 0.502 e.